The molecule has 0 radical (unpaired) electrons. The van der Waals surface area contributed by atoms with Gasteiger partial charge in [-0.1, -0.05) is 84.6 Å². The standard InChI is InChI=1S/C31H34Cl2N2O3/c1-21-9-8-14-29(22(21)2)38-20-30(36)35(19-24-15-16-25(32)18-27(24)33)28(17-23-10-4-3-5-11-23)31(37)34-26-12-6-7-13-26/h3-5,8-11,14-16,18,26,28H,6-7,12-13,17,19-20H2,1-2H3,(H,34,37). The minimum atomic E-state index is -0.737. The smallest absolute Gasteiger partial charge is 0.261 e. The van der Waals surface area contributed by atoms with Crippen molar-refractivity contribution in [3.63, 3.8) is 0 Å². The van der Waals surface area contributed by atoms with Gasteiger partial charge >= 0.3 is 0 Å². The van der Waals surface area contributed by atoms with E-state index in [1.807, 2.05) is 62.4 Å². The van der Waals surface area contributed by atoms with Crippen molar-refractivity contribution in [2.75, 3.05) is 6.61 Å². The number of hydrogen-bond acceptors (Lipinski definition) is 3. The summed E-state index contributed by atoms with van der Waals surface area (Å²) in [6.45, 7) is 3.92. The summed E-state index contributed by atoms with van der Waals surface area (Å²) in [5.74, 6) is 0.197. The van der Waals surface area contributed by atoms with Crippen LogP contribution >= 0.6 is 23.2 Å². The first kappa shape index (κ1) is 28.0. The molecule has 1 aliphatic carbocycles. The zero-order valence-corrected chi connectivity index (χ0v) is 23.4. The maximum Gasteiger partial charge on any atom is 0.261 e. The number of rotatable bonds is 10. The van der Waals surface area contributed by atoms with Gasteiger partial charge in [-0.2, -0.15) is 0 Å². The lowest BCUT2D eigenvalue weighted by Crippen LogP contribution is -2.53. The number of halogens is 2. The maximum absolute atomic E-state index is 13.8. The van der Waals surface area contributed by atoms with Crippen LogP contribution in [0.2, 0.25) is 10.0 Å². The third-order valence-electron chi connectivity index (χ3n) is 7.23. The first-order valence-corrected chi connectivity index (χ1v) is 13.8. The van der Waals surface area contributed by atoms with Crippen molar-refractivity contribution in [1.82, 2.24) is 10.2 Å². The fourth-order valence-electron chi connectivity index (χ4n) is 4.86. The van der Waals surface area contributed by atoms with E-state index in [2.05, 4.69) is 5.32 Å². The summed E-state index contributed by atoms with van der Waals surface area (Å²) >= 11 is 12.6. The highest BCUT2D eigenvalue weighted by atomic mass is 35.5. The predicted octanol–water partition coefficient (Wildman–Crippen LogP) is 6.69. The molecule has 0 saturated heterocycles. The van der Waals surface area contributed by atoms with Crippen molar-refractivity contribution in [2.45, 2.75) is 64.6 Å². The number of benzene rings is 3. The van der Waals surface area contributed by atoms with Crippen LogP contribution < -0.4 is 10.1 Å². The predicted molar refractivity (Wildman–Crippen MR) is 153 cm³/mol. The minimum absolute atomic E-state index is 0.128. The number of aryl methyl sites for hydroxylation is 1. The number of nitrogens with one attached hydrogen (secondary N) is 1. The van der Waals surface area contributed by atoms with Crippen molar-refractivity contribution in [3.05, 3.63) is 99.0 Å². The molecule has 4 rings (SSSR count). The van der Waals surface area contributed by atoms with Gasteiger partial charge in [0.1, 0.15) is 11.8 Å². The van der Waals surface area contributed by atoms with E-state index in [0.29, 0.717) is 27.8 Å². The number of amides is 2. The highest BCUT2D eigenvalue weighted by molar-refractivity contribution is 6.35. The second-order valence-corrected chi connectivity index (χ2v) is 10.8. The van der Waals surface area contributed by atoms with Gasteiger partial charge in [0.05, 0.1) is 0 Å². The molecule has 1 aliphatic rings. The Hall–Kier alpha value is -3.02. The normalized spacial score (nSPS) is 14.2. The number of nitrogens with zero attached hydrogens (tertiary/aromatic N) is 1. The molecule has 0 spiro atoms. The van der Waals surface area contributed by atoms with E-state index in [1.165, 1.54) is 0 Å². The van der Waals surface area contributed by atoms with Gasteiger partial charge in [0.25, 0.3) is 5.91 Å². The molecule has 200 valence electrons. The third-order valence-corrected chi connectivity index (χ3v) is 7.82. The molecule has 0 aliphatic heterocycles. The third kappa shape index (κ3) is 7.30. The van der Waals surface area contributed by atoms with E-state index in [-0.39, 0.29) is 31.0 Å². The molecule has 1 fully saturated rings. The Morgan fingerprint density at radius 1 is 1.00 bits per heavy atom. The second kappa shape index (κ2) is 13.2. The zero-order chi connectivity index (χ0) is 27.1. The Morgan fingerprint density at radius 3 is 2.45 bits per heavy atom. The average Bonchev–Trinajstić information content (AvgIpc) is 3.41. The summed E-state index contributed by atoms with van der Waals surface area (Å²) < 4.78 is 5.98. The monoisotopic (exact) mass is 552 g/mol. The van der Waals surface area contributed by atoms with Gasteiger partial charge in [0, 0.05) is 29.1 Å². The molecular weight excluding hydrogens is 519 g/mol. The van der Waals surface area contributed by atoms with Gasteiger partial charge in [-0.15, -0.1) is 0 Å². The van der Waals surface area contributed by atoms with Crippen LogP contribution in [0.5, 0.6) is 5.75 Å². The summed E-state index contributed by atoms with van der Waals surface area (Å²) in [5.41, 5.74) is 3.74. The molecule has 3 aromatic rings. The molecule has 38 heavy (non-hydrogen) atoms. The van der Waals surface area contributed by atoms with Crippen LogP contribution in [0.4, 0.5) is 0 Å². The first-order chi connectivity index (χ1) is 18.3. The van der Waals surface area contributed by atoms with Crippen molar-refractivity contribution in [1.29, 1.82) is 0 Å². The number of hydrogen-bond donors (Lipinski definition) is 1. The van der Waals surface area contributed by atoms with Gasteiger partial charge in [0.2, 0.25) is 5.91 Å². The summed E-state index contributed by atoms with van der Waals surface area (Å²) in [6.07, 6.45) is 4.48. The summed E-state index contributed by atoms with van der Waals surface area (Å²) in [5, 5.41) is 4.16. The van der Waals surface area contributed by atoms with Crippen LogP contribution in [0.1, 0.15) is 47.9 Å². The molecular formula is C31H34Cl2N2O3. The van der Waals surface area contributed by atoms with Crippen molar-refractivity contribution < 1.29 is 14.3 Å². The van der Waals surface area contributed by atoms with Crippen molar-refractivity contribution in [3.8, 4) is 5.75 Å². The largest absolute Gasteiger partial charge is 0.483 e. The van der Waals surface area contributed by atoms with E-state index >= 15 is 0 Å². The van der Waals surface area contributed by atoms with Gasteiger partial charge < -0.3 is 15.0 Å². The molecule has 1 unspecified atom stereocenters. The number of ether oxygens (including phenoxy) is 1. The molecule has 3 aromatic carbocycles. The topological polar surface area (TPSA) is 58.6 Å². The molecule has 5 nitrogen and oxygen atoms in total. The highest BCUT2D eigenvalue weighted by Gasteiger charge is 2.33. The Balaban J connectivity index is 1.65. The summed E-state index contributed by atoms with van der Waals surface area (Å²) in [4.78, 5) is 29.2. The minimum Gasteiger partial charge on any atom is -0.483 e. The lowest BCUT2D eigenvalue weighted by molar-refractivity contribution is -0.143. The van der Waals surface area contributed by atoms with Crippen LogP contribution in [-0.2, 0) is 22.6 Å². The van der Waals surface area contributed by atoms with Crippen LogP contribution in [0, 0.1) is 13.8 Å². The molecule has 1 saturated carbocycles. The SMILES string of the molecule is Cc1cccc(OCC(=O)N(Cc2ccc(Cl)cc2Cl)C(Cc2ccccc2)C(=O)NC2CCCC2)c1C. The average molecular weight is 554 g/mol. The molecule has 7 heteroatoms. The lowest BCUT2D eigenvalue weighted by atomic mass is 10.0. The molecule has 1 atom stereocenters. The summed E-state index contributed by atoms with van der Waals surface area (Å²) in [6, 6.07) is 20.1. The van der Waals surface area contributed by atoms with E-state index < -0.39 is 6.04 Å². The van der Waals surface area contributed by atoms with E-state index in [4.69, 9.17) is 27.9 Å². The molecule has 1 N–H and O–H groups in total. The van der Waals surface area contributed by atoms with Crippen LogP contribution in [-0.4, -0.2) is 35.4 Å². The molecule has 0 heterocycles. The maximum atomic E-state index is 13.8. The second-order valence-electron chi connectivity index (χ2n) is 9.94. The number of carbonyl (C=O) groups is 2. The van der Waals surface area contributed by atoms with E-state index in [1.54, 1.807) is 23.1 Å². The van der Waals surface area contributed by atoms with Crippen molar-refractivity contribution >= 4 is 35.0 Å². The van der Waals surface area contributed by atoms with E-state index in [9.17, 15) is 9.59 Å². The molecule has 0 bridgehead atoms. The Labute approximate surface area is 235 Å². The molecule has 2 amide bonds. The van der Waals surface area contributed by atoms with E-state index in [0.717, 1.165) is 42.4 Å². The Kier molecular flexibility index (Phi) is 9.70. The Bertz CT molecular complexity index is 1260. The van der Waals surface area contributed by atoms with Gasteiger partial charge in [-0.25, -0.2) is 0 Å². The highest BCUT2D eigenvalue weighted by Crippen LogP contribution is 2.26. The van der Waals surface area contributed by atoms with Crippen LogP contribution in [0.25, 0.3) is 0 Å². The fourth-order valence-corrected chi connectivity index (χ4v) is 5.33. The lowest BCUT2D eigenvalue weighted by Gasteiger charge is -2.32. The number of carbonyl (C=O) groups excluding carboxylic acids is 2. The van der Waals surface area contributed by atoms with Gasteiger partial charge in [-0.3, -0.25) is 9.59 Å². The summed E-state index contributed by atoms with van der Waals surface area (Å²) in [7, 11) is 0. The Morgan fingerprint density at radius 2 is 1.74 bits per heavy atom. The van der Waals surface area contributed by atoms with Gasteiger partial charge in [-0.05, 0) is 67.1 Å². The van der Waals surface area contributed by atoms with Crippen LogP contribution in [0.15, 0.2) is 66.7 Å². The fraction of sp³-hybridized carbons (Fsp3) is 0.355. The first-order valence-electron chi connectivity index (χ1n) is 13.1. The van der Waals surface area contributed by atoms with Crippen LogP contribution in [0.3, 0.4) is 0 Å². The molecule has 0 aromatic heterocycles. The quantitative estimate of drug-likeness (QED) is 0.305. The van der Waals surface area contributed by atoms with Gasteiger partial charge in [0.15, 0.2) is 6.61 Å². The van der Waals surface area contributed by atoms with Crippen molar-refractivity contribution in [2.24, 2.45) is 0 Å². The zero-order valence-electron chi connectivity index (χ0n) is 21.9.